The predicted molar refractivity (Wildman–Crippen MR) is 309 cm³/mol. The maximum absolute atomic E-state index is 13.0. The number of fused-ring (bicyclic) bond motifs is 4. The van der Waals surface area contributed by atoms with Gasteiger partial charge in [-0.05, 0) is 175 Å². The van der Waals surface area contributed by atoms with Crippen molar-refractivity contribution in [3.05, 3.63) is 213 Å². The molecule has 7 aromatic rings. The van der Waals surface area contributed by atoms with Crippen LogP contribution >= 0.6 is 39.5 Å². The molecule has 0 N–H and O–H groups in total. The van der Waals surface area contributed by atoms with Gasteiger partial charge in [0.2, 0.25) is 10.0 Å². The van der Waals surface area contributed by atoms with E-state index in [1.165, 1.54) is 46.1 Å². The van der Waals surface area contributed by atoms with Gasteiger partial charge in [0.1, 0.15) is 5.88 Å². The van der Waals surface area contributed by atoms with Crippen molar-refractivity contribution in [2.24, 2.45) is 10.9 Å². The van der Waals surface area contributed by atoms with Gasteiger partial charge in [-0.15, -0.1) is 0 Å². The Balaban J connectivity index is 0.000000147. The molecule has 0 aliphatic carbocycles. The molecule has 7 aromatic carbocycles. The minimum atomic E-state index is -3.43. The van der Waals surface area contributed by atoms with E-state index in [-0.39, 0.29) is 17.5 Å². The smallest absolute Gasteiger partial charge is 0.243 e. The molecule has 0 spiro atoms. The summed E-state index contributed by atoms with van der Waals surface area (Å²) in [5, 5.41) is 0. The largest absolute Gasteiger partial charge is 0.381 e. The summed E-state index contributed by atoms with van der Waals surface area (Å²) in [4.78, 5) is 10.5. The number of morpholine rings is 1. The first-order chi connectivity index (χ1) is 36.5. The topological polar surface area (TPSA) is 136 Å². The van der Waals surface area contributed by atoms with E-state index in [2.05, 4.69) is 106 Å². The third kappa shape index (κ3) is 13.8. The van der Waals surface area contributed by atoms with Gasteiger partial charge >= 0.3 is 0 Å². The second-order valence-corrected chi connectivity index (χ2v) is 28.0. The zero-order valence-electron chi connectivity index (χ0n) is 42.4. The number of benzene rings is 7. The van der Waals surface area contributed by atoms with Crippen molar-refractivity contribution in [2.75, 3.05) is 51.1 Å². The molecule has 76 heavy (non-hydrogen) atoms. The lowest BCUT2D eigenvalue weighted by molar-refractivity contribution is 0.0723. The average molecular weight is 1180 g/mol. The van der Waals surface area contributed by atoms with Crippen LogP contribution in [0.25, 0.3) is 5.57 Å². The molecular formula is C60H59BrN2O8S5. The number of rotatable bonds is 11. The Bertz CT molecular complexity index is 3610. The van der Waals surface area contributed by atoms with Crippen LogP contribution in [0.3, 0.4) is 0 Å². The average Bonchev–Trinajstić information content (AvgIpc) is 3.44. The first-order valence-corrected chi connectivity index (χ1v) is 32.2. The predicted octanol–water partition coefficient (Wildman–Crippen LogP) is 12.8. The third-order valence-corrected chi connectivity index (χ3v) is 21.9. The van der Waals surface area contributed by atoms with Crippen LogP contribution < -0.4 is 0 Å². The van der Waals surface area contributed by atoms with E-state index in [0.717, 1.165) is 63.7 Å². The van der Waals surface area contributed by atoms with Crippen LogP contribution in [0.1, 0.15) is 64.3 Å². The molecule has 11 rings (SSSR count). The fraction of sp³-hybridized carbons (Fsp3) is 0.250. The number of aryl methyl sites for hydroxylation is 1. The normalized spacial score (nSPS) is 15.8. The van der Waals surface area contributed by atoms with E-state index >= 15 is 0 Å². The molecule has 2 saturated heterocycles. The van der Waals surface area contributed by atoms with Crippen molar-refractivity contribution in [1.29, 1.82) is 0 Å². The lowest BCUT2D eigenvalue weighted by atomic mass is 9.95. The Morgan fingerprint density at radius 3 is 1.72 bits per heavy atom. The van der Waals surface area contributed by atoms with Gasteiger partial charge in [-0.25, -0.2) is 25.3 Å². The minimum Gasteiger partial charge on any atom is -0.381 e. The molecule has 16 heteroatoms. The van der Waals surface area contributed by atoms with Crippen molar-refractivity contribution in [3.8, 4) is 0 Å². The number of sulfonamides is 1. The van der Waals surface area contributed by atoms with E-state index in [1.807, 2.05) is 44.2 Å². The van der Waals surface area contributed by atoms with Gasteiger partial charge in [-0.1, -0.05) is 124 Å². The highest BCUT2D eigenvalue weighted by molar-refractivity contribution is 9.10. The summed E-state index contributed by atoms with van der Waals surface area (Å²) in [6, 6.07) is 50.5. The van der Waals surface area contributed by atoms with Gasteiger partial charge in [0.25, 0.3) is 0 Å². The lowest BCUT2D eigenvalue weighted by Gasteiger charge is -2.25. The van der Waals surface area contributed by atoms with E-state index in [9.17, 15) is 25.3 Å². The number of hydrogen-bond acceptors (Lipinski definition) is 11. The second kappa shape index (κ2) is 24.7. The molecular weight excluding hydrogens is 1120 g/mol. The van der Waals surface area contributed by atoms with E-state index < -0.39 is 29.7 Å². The van der Waals surface area contributed by atoms with Crippen LogP contribution in [0, 0.1) is 12.8 Å². The quantitative estimate of drug-likeness (QED) is 0.115. The SMILES string of the molecule is C=C(c1cccc(S(=O)(=O)CC2CCOCC2)c1)c1ccc2c(c1)Cc1ccccc1S2.CC(=NCS(=O)(=O)c1ccc(C)cc1)c1ccc2c(c1)Cc1ccccc1S2.O=S(=O)(c1ccc(Br)cc1)N1CCOCC1. The highest BCUT2D eigenvalue weighted by Gasteiger charge is 2.27. The number of aliphatic imine (C=N–C) groups is 1. The first-order valence-electron chi connectivity index (χ1n) is 25.0. The molecule has 4 aliphatic heterocycles. The number of halogens is 1. The first kappa shape index (κ1) is 55.6. The molecule has 10 nitrogen and oxygen atoms in total. The summed E-state index contributed by atoms with van der Waals surface area (Å²) >= 11 is 6.87. The molecule has 0 aromatic heterocycles. The maximum atomic E-state index is 13.0. The summed E-state index contributed by atoms with van der Waals surface area (Å²) in [6.45, 7) is 11.2. The number of hydrogen-bond donors (Lipinski definition) is 0. The highest BCUT2D eigenvalue weighted by atomic mass is 79.9. The Kier molecular flexibility index (Phi) is 18.1. The van der Waals surface area contributed by atoms with E-state index in [0.29, 0.717) is 54.2 Å². The van der Waals surface area contributed by atoms with Gasteiger partial charge in [0.15, 0.2) is 19.7 Å². The van der Waals surface area contributed by atoms with Gasteiger partial charge in [0, 0.05) is 56.1 Å². The van der Waals surface area contributed by atoms with Crippen LogP contribution in [-0.2, 0) is 52.0 Å². The standard InChI is InChI=1S/C27H26O3S2.C23H21NO2S2.C10H12BrNO3S/c1-19(22-9-10-27-24(15-22)16-23-5-2-3-8-26(23)31-27)21-6-4-7-25(17-21)32(28,29)18-20-11-13-30-14-12-20;1-16-7-10-21(11-8-16)28(25,26)15-24-17(2)18-9-12-23-20(13-18)14-19-5-3-4-6-22(19)27-23;11-9-1-3-10(4-2-9)16(13,14)12-5-7-15-8-6-12/h2-10,15,17,20H,1,11-14,16,18H2;3-13H,14-15H2,1-2H3;1-4H,5-8H2. The van der Waals surface area contributed by atoms with Crippen molar-refractivity contribution >= 4 is 80.4 Å². The fourth-order valence-electron chi connectivity index (χ4n) is 9.19. The van der Waals surface area contributed by atoms with Gasteiger partial charge in [-0.2, -0.15) is 4.31 Å². The van der Waals surface area contributed by atoms with Crippen LogP contribution in [0.4, 0.5) is 0 Å². The molecule has 2 fully saturated rings. The van der Waals surface area contributed by atoms with Crippen LogP contribution in [0.2, 0.25) is 0 Å². The van der Waals surface area contributed by atoms with Crippen molar-refractivity contribution < 1.29 is 34.7 Å². The van der Waals surface area contributed by atoms with Crippen molar-refractivity contribution in [3.63, 3.8) is 0 Å². The van der Waals surface area contributed by atoms with Crippen LogP contribution in [0.15, 0.2) is 208 Å². The molecule has 0 radical (unpaired) electrons. The van der Waals surface area contributed by atoms with Crippen molar-refractivity contribution in [2.45, 2.75) is 73.8 Å². The van der Waals surface area contributed by atoms with E-state index in [1.54, 1.807) is 72.1 Å². The van der Waals surface area contributed by atoms with Crippen LogP contribution in [0.5, 0.6) is 0 Å². The van der Waals surface area contributed by atoms with E-state index in [4.69, 9.17) is 9.47 Å². The summed E-state index contributed by atoms with van der Waals surface area (Å²) < 4.78 is 88.3. The Morgan fingerprint density at radius 1 is 0.579 bits per heavy atom. The Morgan fingerprint density at radius 2 is 1.11 bits per heavy atom. The maximum Gasteiger partial charge on any atom is 0.243 e. The molecule has 0 saturated carbocycles. The Labute approximate surface area is 465 Å². The molecule has 394 valence electrons. The van der Waals surface area contributed by atoms with Gasteiger partial charge < -0.3 is 9.47 Å². The summed E-state index contributed by atoms with van der Waals surface area (Å²) in [5.41, 5.74) is 10.7. The zero-order chi connectivity index (χ0) is 53.5. The molecule has 0 bridgehead atoms. The third-order valence-electron chi connectivity index (χ3n) is 13.6. The molecule has 0 unspecified atom stereocenters. The lowest BCUT2D eigenvalue weighted by Crippen LogP contribution is -2.40. The summed E-state index contributed by atoms with van der Waals surface area (Å²) in [7, 11) is -10.1. The number of nitrogens with zero attached hydrogens (tertiary/aromatic N) is 2. The minimum absolute atomic E-state index is 0.168. The van der Waals surface area contributed by atoms with Crippen molar-refractivity contribution in [1.82, 2.24) is 4.31 Å². The highest BCUT2D eigenvalue weighted by Crippen LogP contribution is 2.42. The summed E-state index contributed by atoms with van der Waals surface area (Å²) in [6.07, 6.45) is 3.41. The molecule has 4 heterocycles. The molecule has 0 atom stereocenters. The monoisotopic (exact) mass is 1170 g/mol. The zero-order valence-corrected chi connectivity index (χ0v) is 48.0. The van der Waals surface area contributed by atoms with Crippen LogP contribution in [-0.4, -0.2) is 86.4 Å². The molecule has 0 amide bonds. The summed E-state index contributed by atoms with van der Waals surface area (Å²) in [5.74, 6) is 0.111. The van der Waals surface area contributed by atoms with Gasteiger partial charge in [-0.3, -0.25) is 4.99 Å². The van der Waals surface area contributed by atoms with Gasteiger partial charge in [0.05, 0.1) is 33.7 Å². The number of ether oxygens (including phenoxy) is 2. The molecule has 4 aliphatic rings. The number of sulfone groups is 2. The second-order valence-electron chi connectivity index (χ2n) is 19.0. The Hall–Kier alpha value is -5.14. The fourth-order valence-corrected chi connectivity index (χ4v) is 15.8.